The van der Waals surface area contributed by atoms with Gasteiger partial charge in [-0.1, -0.05) is 0 Å². The molecule has 2 saturated heterocycles. The molecule has 0 radical (unpaired) electrons. The molecule has 3 fully saturated rings. The first kappa shape index (κ1) is 12.6. The Labute approximate surface area is 108 Å². The number of ketones is 1. The van der Waals surface area contributed by atoms with Crippen LogP contribution in [0.25, 0.3) is 0 Å². The molecule has 3 unspecified atom stereocenters. The largest absolute Gasteiger partial charge is 0.379 e. The van der Waals surface area contributed by atoms with Gasteiger partial charge in [-0.15, -0.1) is 0 Å². The van der Waals surface area contributed by atoms with Crippen molar-refractivity contribution in [2.75, 3.05) is 26.9 Å². The number of hydrogen-bond donors (Lipinski definition) is 1. The number of likely N-dealkylation sites (N-methyl/N-ethyl adjacent to an activating group) is 1. The van der Waals surface area contributed by atoms with Crippen molar-refractivity contribution in [2.45, 2.75) is 43.7 Å². The highest BCUT2D eigenvalue weighted by atomic mass is 16.5. The lowest BCUT2D eigenvalue weighted by Crippen LogP contribution is -2.49. The van der Waals surface area contributed by atoms with E-state index in [1.807, 2.05) is 7.05 Å². The third kappa shape index (κ3) is 2.10. The molecule has 4 nitrogen and oxygen atoms in total. The zero-order valence-electron chi connectivity index (χ0n) is 11.1. The van der Waals surface area contributed by atoms with Gasteiger partial charge in [-0.2, -0.15) is 0 Å². The third-order valence-electron chi connectivity index (χ3n) is 4.98. The van der Waals surface area contributed by atoms with Gasteiger partial charge in [0.05, 0.1) is 24.7 Å². The van der Waals surface area contributed by atoms with Gasteiger partial charge >= 0.3 is 0 Å². The SMILES string of the molecule is CNC1COCC1C(=O)C1CCOC2(CCC2)C1. The Bertz CT molecular complexity index is 327. The van der Waals surface area contributed by atoms with E-state index in [1.54, 1.807) is 0 Å². The molecule has 4 heteroatoms. The van der Waals surface area contributed by atoms with E-state index in [9.17, 15) is 4.79 Å². The summed E-state index contributed by atoms with van der Waals surface area (Å²) in [5.74, 6) is 0.651. The van der Waals surface area contributed by atoms with Crippen LogP contribution in [0.1, 0.15) is 32.1 Å². The fraction of sp³-hybridized carbons (Fsp3) is 0.929. The summed E-state index contributed by atoms with van der Waals surface area (Å²) in [6.45, 7) is 2.02. The number of Topliss-reactive ketones (excluding diaryl/α,β-unsaturated/α-hetero) is 1. The van der Waals surface area contributed by atoms with Gasteiger partial charge in [0.2, 0.25) is 0 Å². The second kappa shape index (κ2) is 4.91. The summed E-state index contributed by atoms with van der Waals surface area (Å²) in [5, 5.41) is 3.21. The Hall–Kier alpha value is -0.450. The molecule has 1 aliphatic carbocycles. The summed E-state index contributed by atoms with van der Waals surface area (Å²) in [4.78, 5) is 12.6. The van der Waals surface area contributed by atoms with Crippen LogP contribution in [0.4, 0.5) is 0 Å². The zero-order valence-corrected chi connectivity index (χ0v) is 11.1. The minimum atomic E-state index is 0.0511. The molecule has 102 valence electrons. The maximum atomic E-state index is 12.6. The Morgan fingerprint density at radius 1 is 1.33 bits per heavy atom. The van der Waals surface area contributed by atoms with Crippen molar-refractivity contribution in [1.82, 2.24) is 5.32 Å². The highest BCUT2D eigenvalue weighted by Gasteiger charge is 2.46. The van der Waals surface area contributed by atoms with E-state index in [0.717, 1.165) is 32.3 Å². The molecule has 0 aromatic heterocycles. The highest BCUT2D eigenvalue weighted by molar-refractivity contribution is 5.84. The Balaban J connectivity index is 1.64. The van der Waals surface area contributed by atoms with Crippen molar-refractivity contribution < 1.29 is 14.3 Å². The Morgan fingerprint density at radius 3 is 2.83 bits per heavy atom. The number of ether oxygens (including phenoxy) is 2. The number of carbonyl (C=O) groups excluding carboxylic acids is 1. The maximum absolute atomic E-state index is 12.6. The highest BCUT2D eigenvalue weighted by Crippen LogP contribution is 2.45. The minimum Gasteiger partial charge on any atom is -0.379 e. The van der Waals surface area contributed by atoms with Gasteiger partial charge in [0.15, 0.2) is 0 Å². The smallest absolute Gasteiger partial charge is 0.143 e. The number of carbonyl (C=O) groups is 1. The molecule has 1 N–H and O–H groups in total. The predicted octanol–water partition coefficient (Wildman–Crippen LogP) is 1.14. The molecule has 1 spiro atoms. The number of hydrogen-bond acceptors (Lipinski definition) is 4. The Morgan fingerprint density at radius 2 is 2.17 bits per heavy atom. The molecule has 1 saturated carbocycles. The molecular formula is C14H23NO3. The minimum absolute atomic E-state index is 0.0511. The molecule has 2 heterocycles. The molecule has 3 rings (SSSR count). The quantitative estimate of drug-likeness (QED) is 0.819. The summed E-state index contributed by atoms with van der Waals surface area (Å²) in [6, 6.07) is 0.206. The van der Waals surface area contributed by atoms with E-state index < -0.39 is 0 Å². The van der Waals surface area contributed by atoms with Crippen LogP contribution >= 0.6 is 0 Å². The van der Waals surface area contributed by atoms with E-state index in [1.165, 1.54) is 6.42 Å². The van der Waals surface area contributed by atoms with Crippen molar-refractivity contribution in [2.24, 2.45) is 11.8 Å². The van der Waals surface area contributed by atoms with Crippen LogP contribution in [0.3, 0.4) is 0 Å². The summed E-state index contributed by atoms with van der Waals surface area (Å²) < 4.78 is 11.3. The first-order chi connectivity index (χ1) is 8.74. The van der Waals surface area contributed by atoms with Crippen LogP contribution in [0.15, 0.2) is 0 Å². The lowest BCUT2D eigenvalue weighted by Gasteiger charge is -2.47. The zero-order chi connectivity index (χ0) is 12.6. The average Bonchev–Trinajstić information content (AvgIpc) is 2.84. The molecule has 18 heavy (non-hydrogen) atoms. The first-order valence-corrected chi connectivity index (χ1v) is 7.17. The average molecular weight is 253 g/mol. The summed E-state index contributed by atoms with van der Waals surface area (Å²) >= 11 is 0. The van der Waals surface area contributed by atoms with E-state index in [-0.39, 0.29) is 23.5 Å². The van der Waals surface area contributed by atoms with Crippen molar-refractivity contribution in [3.8, 4) is 0 Å². The predicted molar refractivity (Wildman–Crippen MR) is 67.4 cm³/mol. The molecule has 0 aromatic carbocycles. The molecule has 3 aliphatic rings. The van der Waals surface area contributed by atoms with Gasteiger partial charge in [-0.25, -0.2) is 0 Å². The van der Waals surface area contributed by atoms with E-state index in [0.29, 0.717) is 19.0 Å². The lowest BCUT2D eigenvalue weighted by atomic mass is 9.69. The van der Waals surface area contributed by atoms with Crippen LogP contribution in [0, 0.1) is 11.8 Å². The topological polar surface area (TPSA) is 47.6 Å². The van der Waals surface area contributed by atoms with Gasteiger partial charge in [0.1, 0.15) is 5.78 Å². The van der Waals surface area contributed by atoms with Crippen LogP contribution in [-0.2, 0) is 14.3 Å². The fourth-order valence-corrected chi connectivity index (χ4v) is 3.61. The molecule has 3 atom stereocenters. The number of nitrogens with one attached hydrogen (secondary N) is 1. The number of rotatable bonds is 3. The van der Waals surface area contributed by atoms with E-state index in [4.69, 9.17) is 9.47 Å². The first-order valence-electron chi connectivity index (χ1n) is 7.17. The van der Waals surface area contributed by atoms with Gasteiger partial charge in [-0.3, -0.25) is 4.79 Å². The molecule has 0 amide bonds. The van der Waals surface area contributed by atoms with Crippen LogP contribution < -0.4 is 5.32 Å². The fourth-order valence-electron chi connectivity index (χ4n) is 3.61. The van der Waals surface area contributed by atoms with Crippen molar-refractivity contribution >= 4 is 5.78 Å². The second-order valence-electron chi connectivity index (χ2n) is 6.02. The van der Waals surface area contributed by atoms with Gasteiger partial charge in [-0.05, 0) is 39.2 Å². The van der Waals surface area contributed by atoms with Crippen LogP contribution in [0.5, 0.6) is 0 Å². The maximum Gasteiger partial charge on any atom is 0.143 e. The Kier molecular flexibility index (Phi) is 3.43. The van der Waals surface area contributed by atoms with Crippen molar-refractivity contribution in [3.05, 3.63) is 0 Å². The second-order valence-corrected chi connectivity index (χ2v) is 6.02. The summed E-state index contributed by atoms with van der Waals surface area (Å²) in [5.41, 5.74) is 0.0627. The van der Waals surface area contributed by atoms with Crippen molar-refractivity contribution in [3.63, 3.8) is 0 Å². The molecule has 2 aliphatic heterocycles. The lowest BCUT2D eigenvalue weighted by molar-refractivity contribution is -0.158. The third-order valence-corrected chi connectivity index (χ3v) is 4.98. The summed E-state index contributed by atoms with van der Waals surface area (Å²) in [6.07, 6.45) is 5.39. The normalized spacial score (nSPS) is 38.6. The molecule has 0 bridgehead atoms. The van der Waals surface area contributed by atoms with Crippen LogP contribution in [-0.4, -0.2) is 44.3 Å². The van der Waals surface area contributed by atoms with Gasteiger partial charge < -0.3 is 14.8 Å². The van der Waals surface area contributed by atoms with Gasteiger partial charge in [0, 0.05) is 18.6 Å². The monoisotopic (exact) mass is 253 g/mol. The van der Waals surface area contributed by atoms with Crippen LogP contribution in [0.2, 0.25) is 0 Å². The standard InChI is InChI=1S/C14H23NO3/c1-15-12-9-17-8-11(12)13(16)10-3-6-18-14(7-10)4-2-5-14/h10-12,15H,2-9H2,1H3. The molecule has 0 aromatic rings. The van der Waals surface area contributed by atoms with Crippen molar-refractivity contribution in [1.29, 1.82) is 0 Å². The molecular weight excluding hydrogens is 230 g/mol. The van der Waals surface area contributed by atoms with E-state index >= 15 is 0 Å². The van der Waals surface area contributed by atoms with Gasteiger partial charge in [0.25, 0.3) is 0 Å². The summed E-state index contributed by atoms with van der Waals surface area (Å²) in [7, 11) is 1.91. The van der Waals surface area contributed by atoms with E-state index in [2.05, 4.69) is 5.32 Å².